The number of sulfonamides is 1. The highest BCUT2D eigenvalue weighted by Gasteiger charge is 2.19. The number of carbonyl (C=O) groups excluding carboxylic acids is 1. The maximum atomic E-state index is 12.5. The van der Waals surface area contributed by atoms with Crippen LogP contribution in [0.15, 0.2) is 53.4 Å². The van der Waals surface area contributed by atoms with E-state index >= 15 is 0 Å². The lowest BCUT2D eigenvalue weighted by Crippen LogP contribution is -2.39. The Morgan fingerprint density at radius 2 is 1.56 bits per heavy atom. The molecular formula is C24H34N2O5S. The highest BCUT2D eigenvalue weighted by molar-refractivity contribution is 7.89. The van der Waals surface area contributed by atoms with Gasteiger partial charge in [-0.15, -0.1) is 0 Å². The van der Waals surface area contributed by atoms with Gasteiger partial charge in [-0.25, -0.2) is 12.7 Å². The first-order valence-corrected chi connectivity index (χ1v) is 12.1. The van der Waals surface area contributed by atoms with E-state index in [1.165, 1.54) is 31.8 Å². The molecule has 2 rings (SSSR count). The molecule has 0 aromatic heterocycles. The minimum absolute atomic E-state index is 0.0565. The summed E-state index contributed by atoms with van der Waals surface area (Å²) in [5, 5.41) is 2.82. The third-order valence-corrected chi connectivity index (χ3v) is 6.76. The second-order valence-electron chi connectivity index (χ2n) is 8.69. The molecule has 1 N–H and O–H groups in total. The topological polar surface area (TPSA) is 84.9 Å². The molecule has 0 heterocycles. The third-order valence-electron chi connectivity index (χ3n) is 4.93. The molecule has 0 spiro atoms. The number of hydrogen-bond donors (Lipinski definition) is 1. The molecule has 0 aliphatic rings. The van der Waals surface area contributed by atoms with Crippen LogP contribution >= 0.6 is 0 Å². The van der Waals surface area contributed by atoms with Gasteiger partial charge in [-0.3, -0.25) is 4.79 Å². The Bertz CT molecular complexity index is 979. The van der Waals surface area contributed by atoms with Crippen LogP contribution in [0.25, 0.3) is 0 Å². The Hall–Kier alpha value is -2.58. The summed E-state index contributed by atoms with van der Waals surface area (Å²) in [6.45, 7) is 8.89. The summed E-state index contributed by atoms with van der Waals surface area (Å²) in [5.74, 6) is 0.978. The number of hydrogen-bond acceptors (Lipinski definition) is 5. The third kappa shape index (κ3) is 6.97. The van der Waals surface area contributed by atoms with E-state index in [0.717, 1.165) is 4.31 Å². The molecule has 0 aliphatic carbocycles. The molecule has 2 aromatic rings. The molecule has 32 heavy (non-hydrogen) atoms. The number of nitrogens with one attached hydrogen (secondary N) is 1. The average molecular weight is 463 g/mol. The van der Waals surface area contributed by atoms with E-state index in [0.29, 0.717) is 24.5 Å². The minimum atomic E-state index is -3.47. The molecule has 176 valence electrons. The van der Waals surface area contributed by atoms with Crippen LogP contribution in [0.1, 0.15) is 39.7 Å². The molecule has 7 nitrogen and oxygen atoms in total. The Labute approximate surface area is 191 Å². The maximum absolute atomic E-state index is 12.5. The lowest BCUT2D eigenvalue weighted by atomic mass is 9.87. The molecule has 0 bridgehead atoms. The summed E-state index contributed by atoms with van der Waals surface area (Å²) in [7, 11) is -0.506. The SMILES string of the molecule is CCC(Oc1ccc(C(C)(C)C)cc1)C(=O)NCCOc1ccc(S(=O)(=O)N(C)C)cc1. The Morgan fingerprint density at radius 3 is 2.06 bits per heavy atom. The predicted octanol–water partition coefficient (Wildman–Crippen LogP) is 3.59. The standard InChI is InChI=1S/C24H34N2O5S/c1-7-22(31-20-10-8-18(9-11-20)24(2,3)4)23(27)25-16-17-30-19-12-14-21(15-13-19)32(28,29)26(5)6/h8-15,22H,7,16-17H2,1-6H3,(H,25,27). The zero-order valence-electron chi connectivity index (χ0n) is 19.7. The quantitative estimate of drug-likeness (QED) is 0.546. The normalized spacial score (nSPS) is 13.0. The molecule has 0 saturated carbocycles. The van der Waals surface area contributed by atoms with E-state index in [1.807, 2.05) is 31.2 Å². The van der Waals surface area contributed by atoms with Gasteiger partial charge in [0.2, 0.25) is 10.0 Å². The fourth-order valence-corrected chi connectivity index (χ4v) is 3.80. The van der Waals surface area contributed by atoms with Gasteiger partial charge >= 0.3 is 0 Å². The molecule has 0 radical (unpaired) electrons. The Kier molecular flexibility index (Phi) is 8.69. The van der Waals surface area contributed by atoms with Crippen molar-refractivity contribution in [2.45, 2.75) is 50.5 Å². The Morgan fingerprint density at radius 1 is 1.00 bits per heavy atom. The van der Waals surface area contributed by atoms with Gasteiger partial charge in [-0.2, -0.15) is 0 Å². The maximum Gasteiger partial charge on any atom is 0.261 e. The number of benzene rings is 2. The van der Waals surface area contributed by atoms with Gasteiger partial charge in [-0.1, -0.05) is 39.8 Å². The molecule has 8 heteroatoms. The summed E-state index contributed by atoms with van der Waals surface area (Å²) in [6, 6.07) is 14.0. The molecule has 0 aliphatic heterocycles. The van der Waals surface area contributed by atoms with Gasteiger partial charge in [0.15, 0.2) is 6.10 Å². The van der Waals surface area contributed by atoms with E-state index in [-0.39, 0.29) is 22.8 Å². The summed E-state index contributed by atoms with van der Waals surface area (Å²) in [5.41, 5.74) is 1.26. The fourth-order valence-electron chi connectivity index (χ4n) is 2.90. The van der Waals surface area contributed by atoms with Gasteiger partial charge in [0.05, 0.1) is 11.4 Å². The van der Waals surface area contributed by atoms with Gasteiger partial charge < -0.3 is 14.8 Å². The van der Waals surface area contributed by atoms with Crippen molar-refractivity contribution in [3.8, 4) is 11.5 Å². The van der Waals surface area contributed by atoms with Crippen molar-refractivity contribution in [3.05, 3.63) is 54.1 Å². The van der Waals surface area contributed by atoms with E-state index in [2.05, 4.69) is 26.1 Å². The zero-order chi connectivity index (χ0) is 23.9. The van der Waals surface area contributed by atoms with Crippen LogP contribution in [-0.4, -0.2) is 52.0 Å². The van der Waals surface area contributed by atoms with Gasteiger partial charge in [0, 0.05) is 14.1 Å². The average Bonchev–Trinajstić information content (AvgIpc) is 2.74. The van der Waals surface area contributed by atoms with Gasteiger partial charge in [0.1, 0.15) is 18.1 Å². The smallest absolute Gasteiger partial charge is 0.261 e. The van der Waals surface area contributed by atoms with E-state index < -0.39 is 16.1 Å². The monoisotopic (exact) mass is 462 g/mol. The second kappa shape index (κ2) is 10.8. The molecule has 1 unspecified atom stereocenters. The Balaban J connectivity index is 1.82. The lowest BCUT2D eigenvalue weighted by Gasteiger charge is -2.21. The number of carbonyl (C=O) groups is 1. The van der Waals surface area contributed by atoms with Crippen molar-refractivity contribution >= 4 is 15.9 Å². The van der Waals surface area contributed by atoms with Crippen molar-refractivity contribution in [1.29, 1.82) is 0 Å². The van der Waals surface area contributed by atoms with Crippen LogP contribution < -0.4 is 14.8 Å². The second-order valence-corrected chi connectivity index (χ2v) is 10.8. The van der Waals surface area contributed by atoms with Gasteiger partial charge in [0.25, 0.3) is 5.91 Å². The van der Waals surface area contributed by atoms with E-state index in [1.54, 1.807) is 12.1 Å². The highest BCUT2D eigenvalue weighted by atomic mass is 32.2. The predicted molar refractivity (Wildman–Crippen MR) is 126 cm³/mol. The first-order chi connectivity index (χ1) is 14.9. The van der Waals surface area contributed by atoms with E-state index in [9.17, 15) is 13.2 Å². The van der Waals surface area contributed by atoms with Crippen LogP contribution in [0.4, 0.5) is 0 Å². The first kappa shape index (κ1) is 25.7. The number of amides is 1. The molecule has 1 amide bonds. The van der Waals surface area contributed by atoms with Crippen molar-refractivity contribution in [2.75, 3.05) is 27.2 Å². The van der Waals surface area contributed by atoms with Crippen LogP contribution in [0.3, 0.4) is 0 Å². The molecule has 2 aromatic carbocycles. The van der Waals surface area contributed by atoms with Crippen molar-refractivity contribution in [2.24, 2.45) is 0 Å². The summed E-state index contributed by atoms with van der Waals surface area (Å²) in [4.78, 5) is 12.7. The fraction of sp³-hybridized carbons (Fsp3) is 0.458. The highest BCUT2D eigenvalue weighted by Crippen LogP contribution is 2.25. The summed E-state index contributed by atoms with van der Waals surface area (Å²) < 4.78 is 36.8. The number of ether oxygens (including phenoxy) is 2. The molecule has 0 saturated heterocycles. The van der Waals surface area contributed by atoms with Crippen LogP contribution in [0.5, 0.6) is 11.5 Å². The largest absolute Gasteiger partial charge is 0.492 e. The van der Waals surface area contributed by atoms with Crippen molar-refractivity contribution in [1.82, 2.24) is 9.62 Å². The van der Waals surface area contributed by atoms with E-state index in [4.69, 9.17) is 9.47 Å². The van der Waals surface area contributed by atoms with Crippen LogP contribution in [0, 0.1) is 0 Å². The first-order valence-electron chi connectivity index (χ1n) is 10.7. The molecule has 0 fully saturated rings. The van der Waals surface area contributed by atoms with Gasteiger partial charge in [-0.05, 0) is 53.8 Å². The molecule has 1 atom stereocenters. The summed E-state index contributed by atoms with van der Waals surface area (Å²) in [6.07, 6.45) is -0.0544. The van der Waals surface area contributed by atoms with Crippen LogP contribution in [0.2, 0.25) is 0 Å². The van der Waals surface area contributed by atoms with Crippen LogP contribution in [-0.2, 0) is 20.2 Å². The number of nitrogens with zero attached hydrogens (tertiary/aromatic N) is 1. The molecular weight excluding hydrogens is 428 g/mol. The van der Waals surface area contributed by atoms with Crippen molar-refractivity contribution < 1.29 is 22.7 Å². The van der Waals surface area contributed by atoms with Crippen molar-refractivity contribution in [3.63, 3.8) is 0 Å². The lowest BCUT2D eigenvalue weighted by molar-refractivity contribution is -0.128. The zero-order valence-corrected chi connectivity index (χ0v) is 20.5. The number of rotatable bonds is 10. The minimum Gasteiger partial charge on any atom is -0.492 e. The summed E-state index contributed by atoms with van der Waals surface area (Å²) >= 11 is 0.